The van der Waals surface area contributed by atoms with Gasteiger partial charge in [-0.2, -0.15) is 0 Å². The summed E-state index contributed by atoms with van der Waals surface area (Å²) in [5.41, 5.74) is 1.94. The first-order valence-corrected chi connectivity index (χ1v) is 6.66. The molecule has 1 aromatic carbocycles. The first kappa shape index (κ1) is 13.1. The number of carbonyl (C=O) groups excluding carboxylic acids is 1. The van der Waals surface area contributed by atoms with Crippen LogP contribution >= 0.6 is 0 Å². The van der Waals surface area contributed by atoms with Crippen molar-refractivity contribution < 1.29 is 9.53 Å². The molecule has 0 amide bonds. The molecule has 0 N–H and O–H groups in total. The smallest absolute Gasteiger partial charge is 0.162 e. The summed E-state index contributed by atoms with van der Waals surface area (Å²) in [6, 6.07) is 7.84. The third-order valence-electron chi connectivity index (χ3n) is 3.45. The molecular formula is C15H21NO2. The Bertz CT molecular complexity index is 393. The molecule has 1 saturated heterocycles. The highest BCUT2D eigenvalue weighted by molar-refractivity contribution is 5.96. The maximum atomic E-state index is 11.5. The van der Waals surface area contributed by atoms with Crippen LogP contribution in [0, 0.1) is 0 Å². The van der Waals surface area contributed by atoms with Gasteiger partial charge in [0.15, 0.2) is 5.78 Å². The lowest BCUT2D eigenvalue weighted by atomic mass is 10.1. The van der Waals surface area contributed by atoms with Gasteiger partial charge >= 0.3 is 0 Å². The van der Waals surface area contributed by atoms with Gasteiger partial charge in [-0.1, -0.05) is 6.92 Å². The number of ketones is 1. The van der Waals surface area contributed by atoms with E-state index in [2.05, 4.69) is 11.9 Å². The monoisotopic (exact) mass is 247 g/mol. The second-order valence-electron chi connectivity index (χ2n) is 4.84. The second kappa shape index (κ2) is 6.01. The topological polar surface area (TPSA) is 29.5 Å². The van der Waals surface area contributed by atoms with E-state index in [0.717, 1.165) is 30.8 Å². The van der Waals surface area contributed by atoms with Gasteiger partial charge < -0.3 is 9.64 Å². The van der Waals surface area contributed by atoms with Crippen molar-refractivity contribution in [3.05, 3.63) is 29.8 Å². The zero-order valence-corrected chi connectivity index (χ0v) is 11.2. The fourth-order valence-corrected chi connectivity index (χ4v) is 2.31. The van der Waals surface area contributed by atoms with E-state index in [0.29, 0.717) is 12.5 Å². The summed E-state index contributed by atoms with van der Waals surface area (Å²) in [4.78, 5) is 13.7. The Morgan fingerprint density at radius 1 is 1.39 bits per heavy atom. The van der Waals surface area contributed by atoms with E-state index in [-0.39, 0.29) is 5.78 Å². The quantitative estimate of drug-likeness (QED) is 0.749. The minimum Gasteiger partial charge on any atom is -0.376 e. The molecule has 0 saturated carbocycles. The number of likely N-dealkylation sites (N-methyl/N-ethyl adjacent to an activating group) is 1. The Kier molecular flexibility index (Phi) is 4.37. The summed E-state index contributed by atoms with van der Waals surface area (Å²) in [5, 5.41) is 0. The van der Waals surface area contributed by atoms with Crippen LogP contribution in [0.1, 0.15) is 36.5 Å². The van der Waals surface area contributed by atoms with Gasteiger partial charge in [0, 0.05) is 37.9 Å². The molecule has 1 unspecified atom stereocenters. The van der Waals surface area contributed by atoms with Crippen LogP contribution < -0.4 is 4.90 Å². The molecule has 1 fully saturated rings. The van der Waals surface area contributed by atoms with Crippen LogP contribution in [0.25, 0.3) is 0 Å². The Labute approximate surface area is 109 Å². The van der Waals surface area contributed by atoms with Crippen molar-refractivity contribution in [1.82, 2.24) is 0 Å². The summed E-state index contributed by atoms with van der Waals surface area (Å²) in [7, 11) is 2.07. The molecular weight excluding hydrogens is 226 g/mol. The molecule has 98 valence electrons. The van der Waals surface area contributed by atoms with E-state index in [1.165, 1.54) is 6.42 Å². The van der Waals surface area contributed by atoms with Crippen LogP contribution in [-0.2, 0) is 4.74 Å². The second-order valence-corrected chi connectivity index (χ2v) is 4.84. The van der Waals surface area contributed by atoms with Gasteiger partial charge in [0.2, 0.25) is 0 Å². The van der Waals surface area contributed by atoms with E-state index < -0.39 is 0 Å². The number of nitrogens with zero attached hydrogens (tertiary/aromatic N) is 1. The van der Waals surface area contributed by atoms with Crippen molar-refractivity contribution in [2.24, 2.45) is 0 Å². The van der Waals surface area contributed by atoms with E-state index in [9.17, 15) is 4.79 Å². The number of Topliss-reactive ketones (excluding diaryl/α,β-unsaturated/α-hetero) is 1. The molecule has 1 aliphatic rings. The molecule has 1 aromatic rings. The average Bonchev–Trinajstić information content (AvgIpc) is 2.91. The van der Waals surface area contributed by atoms with E-state index in [1.54, 1.807) is 0 Å². The summed E-state index contributed by atoms with van der Waals surface area (Å²) < 4.78 is 5.63. The lowest BCUT2D eigenvalue weighted by Gasteiger charge is -2.22. The highest BCUT2D eigenvalue weighted by Crippen LogP contribution is 2.18. The van der Waals surface area contributed by atoms with Crippen LogP contribution in [0.2, 0.25) is 0 Å². The molecule has 3 heteroatoms. The SMILES string of the molecule is CCC(=O)c1ccc(N(C)CC2CCCO2)cc1. The van der Waals surface area contributed by atoms with Crippen molar-refractivity contribution in [1.29, 1.82) is 0 Å². The zero-order valence-electron chi connectivity index (χ0n) is 11.2. The molecule has 0 aromatic heterocycles. The molecule has 1 aliphatic heterocycles. The van der Waals surface area contributed by atoms with E-state index >= 15 is 0 Å². The number of ether oxygens (including phenoxy) is 1. The molecule has 1 heterocycles. The van der Waals surface area contributed by atoms with Crippen molar-refractivity contribution in [3.8, 4) is 0 Å². The first-order valence-electron chi connectivity index (χ1n) is 6.66. The van der Waals surface area contributed by atoms with Crippen molar-refractivity contribution in [2.75, 3.05) is 25.1 Å². The summed E-state index contributed by atoms with van der Waals surface area (Å²) in [6.07, 6.45) is 3.23. The lowest BCUT2D eigenvalue weighted by molar-refractivity contribution is 0.0988. The maximum Gasteiger partial charge on any atom is 0.162 e. The highest BCUT2D eigenvalue weighted by Gasteiger charge is 2.17. The predicted octanol–water partition coefficient (Wildman–Crippen LogP) is 2.89. The minimum atomic E-state index is 0.198. The predicted molar refractivity (Wildman–Crippen MR) is 73.3 cm³/mol. The van der Waals surface area contributed by atoms with Crippen molar-refractivity contribution in [2.45, 2.75) is 32.3 Å². The Balaban J connectivity index is 1.97. The molecule has 0 spiro atoms. The van der Waals surface area contributed by atoms with Gasteiger partial charge in [-0.15, -0.1) is 0 Å². The third kappa shape index (κ3) is 3.10. The first-order chi connectivity index (χ1) is 8.70. The molecule has 1 atom stereocenters. The molecule has 0 aliphatic carbocycles. The van der Waals surface area contributed by atoms with E-state index in [4.69, 9.17) is 4.74 Å². The molecule has 2 rings (SSSR count). The van der Waals surface area contributed by atoms with Crippen LogP contribution in [0.3, 0.4) is 0 Å². The lowest BCUT2D eigenvalue weighted by Crippen LogP contribution is -2.28. The Hall–Kier alpha value is -1.35. The van der Waals surface area contributed by atoms with Crippen molar-refractivity contribution >= 4 is 11.5 Å². The fraction of sp³-hybridized carbons (Fsp3) is 0.533. The number of hydrogen-bond acceptors (Lipinski definition) is 3. The van der Waals surface area contributed by atoms with Gasteiger partial charge in [-0.3, -0.25) is 4.79 Å². The fourth-order valence-electron chi connectivity index (χ4n) is 2.31. The Morgan fingerprint density at radius 2 is 2.11 bits per heavy atom. The standard InChI is InChI=1S/C15H21NO2/c1-3-15(17)12-6-8-13(9-7-12)16(2)11-14-5-4-10-18-14/h6-9,14H,3-5,10-11H2,1-2H3. The van der Waals surface area contributed by atoms with Crippen molar-refractivity contribution in [3.63, 3.8) is 0 Å². The van der Waals surface area contributed by atoms with Crippen LogP contribution in [0.15, 0.2) is 24.3 Å². The maximum absolute atomic E-state index is 11.5. The summed E-state index contributed by atoms with van der Waals surface area (Å²) in [6.45, 7) is 3.70. The molecule has 0 bridgehead atoms. The number of benzene rings is 1. The number of hydrogen-bond donors (Lipinski definition) is 0. The van der Waals surface area contributed by atoms with Gasteiger partial charge in [-0.05, 0) is 37.1 Å². The van der Waals surface area contributed by atoms with Gasteiger partial charge in [0.05, 0.1) is 6.10 Å². The number of carbonyl (C=O) groups is 1. The molecule has 0 radical (unpaired) electrons. The average molecular weight is 247 g/mol. The third-order valence-corrected chi connectivity index (χ3v) is 3.45. The Morgan fingerprint density at radius 3 is 2.67 bits per heavy atom. The van der Waals surface area contributed by atoms with Crippen LogP contribution in [-0.4, -0.2) is 32.1 Å². The van der Waals surface area contributed by atoms with Gasteiger partial charge in [0.25, 0.3) is 0 Å². The highest BCUT2D eigenvalue weighted by atomic mass is 16.5. The molecule has 3 nitrogen and oxygen atoms in total. The van der Waals surface area contributed by atoms with Gasteiger partial charge in [-0.25, -0.2) is 0 Å². The van der Waals surface area contributed by atoms with Gasteiger partial charge in [0.1, 0.15) is 0 Å². The number of anilines is 1. The largest absolute Gasteiger partial charge is 0.376 e. The summed E-state index contributed by atoms with van der Waals surface area (Å²) >= 11 is 0. The summed E-state index contributed by atoms with van der Waals surface area (Å²) in [5.74, 6) is 0.198. The van der Waals surface area contributed by atoms with E-state index in [1.807, 2.05) is 31.2 Å². The molecule has 18 heavy (non-hydrogen) atoms. The minimum absolute atomic E-state index is 0.198. The van der Waals surface area contributed by atoms with Crippen LogP contribution in [0.5, 0.6) is 0 Å². The van der Waals surface area contributed by atoms with Crippen LogP contribution in [0.4, 0.5) is 5.69 Å². The zero-order chi connectivity index (χ0) is 13.0. The normalized spacial score (nSPS) is 18.9. The number of rotatable bonds is 5.